The van der Waals surface area contributed by atoms with Crippen molar-refractivity contribution >= 4 is 5.97 Å². The molecule has 0 aromatic heterocycles. The molecule has 3 saturated heterocycles. The van der Waals surface area contributed by atoms with Gasteiger partial charge in [0.2, 0.25) is 0 Å². The maximum atomic E-state index is 12.5. The Morgan fingerprint density at radius 3 is 1.91 bits per heavy atom. The predicted molar refractivity (Wildman–Crippen MR) is 196 cm³/mol. The molecule has 0 unspecified atom stereocenters. The average Bonchev–Trinajstić information content (AvgIpc) is 3.73. The molecule has 1 spiro atoms. The third-order valence-electron chi connectivity index (χ3n) is 12.4. The molecule has 294 valence electrons. The lowest BCUT2D eigenvalue weighted by Gasteiger charge is -2.51. The topological polar surface area (TPSA) is 131 Å². The van der Waals surface area contributed by atoms with Gasteiger partial charge in [-0.15, -0.1) is 0 Å². The fourth-order valence-electron chi connectivity index (χ4n) is 9.64. The molecule has 2 aromatic rings. The summed E-state index contributed by atoms with van der Waals surface area (Å²) in [5, 5.41) is 22.5. The molecule has 53 heavy (non-hydrogen) atoms. The molecule has 11 heteroatoms. The Morgan fingerprint density at radius 1 is 0.868 bits per heavy atom. The third kappa shape index (κ3) is 7.86. The minimum atomic E-state index is -1.40. The molecule has 4 aliphatic rings. The van der Waals surface area contributed by atoms with Crippen LogP contribution in [0.5, 0.6) is 11.5 Å². The summed E-state index contributed by atoms with van der Waals surface area (Å²) in [5.74, 6) is -1.77. The van der Waals surface area contributed by atoms with Crippen LogP contribution < -0.4 is 9.47 Å². The van der Waals surface area contributed by atoms with Crippen LogP contribution in [0.2, 0.25) is 0 Å². The number of benzene rings is 2. The van der Waals surface area contributed by atoms with Crippen LogP contribution in [0.3, 0.4) is 0 Å². The summed E-state index contributed by atoms with van der Waals surface area (Å²) in [6.45, 7) is 13.8. The molecule has 1 saturated carbocycles. The lowest BCUT2D eigenvalue weighted by atomic mass is 9.73. The van der Waals surface area contributed by atoms with E-state index in [0.29, 0.717) is 17.7 Å². The van der Waals surface area contributed by atoms with Gasteiger partial charge in [0.25, 0.3) is 0 Å². The molecule has 2 N–H and O–H groups in total. The number of hydrogen-bond donors (Lipinski definition) is 2. The molecule has 3 aliphatic heterocycles. The zero-order valence-electron chi connectivity index (χ0n) is 32.8. The number of aliphatic hydroxyl groups is 1. The normalized spacial score (nSPS) is 36.5. The second-order valence-electron chi connectivity index (χ2n) is 16.3. The summed E-state index contributed by atoms with van der Waals surface area (Å²) in [5.41, 5.74) is -0.574. The van der Waals surface area contributed by atoms with Crippen LogP contribution in [0.25, 0.3) is 0 Å². The van der Waals surface area contributed by atoms with Crippen molar-refractivity contribution < 1.29 is 52.9 Å². The zero-order valence-corrected chi connectivity index (χ0v) is 32.8. The van der Waals surface area contributed by atoms with Gasteiger partial charge in [0.1, 0.15) is 17.1 Å². The molecule has 2 aromatic carbocycles. The van der Waals surface area contributed by atoms with E-state index in [0.717, 1.165) is 43.4 Å². The van der Waals surface area contributed by atoms with Crippen LogP contribution in [0.4, 0.5) is 0 Å². The number of carbonyl (C=O) groups is 1. The van der Waals surface area contributed by atoms with Gasteiger partial charge in [0, 0.05) is 35.8 Å². The largest absolute Gasteiger partial charge is 0.497 e. The number of rotatable bonds is 12. The van der Waals surface area contributed by atoms with Crippen LogP contribution in [-0.2, 0) is 33.2 Å². The van der Waals surface area contributed by atoms with Gasteiger partial charge in [-0.2, -0.15) is 0 Å². The van der Waals surface area contributed by atoms with E-state index >= 15 is 0 Å². The maximum Gasteiger partial charge on any atom is 0.308 e. The quantitative estimate of drug-likeness (QED) is 0.223. The molecule has 1 aliphatic carbocycles. The molecule has 6 rings (SSSR count). The summed E-state index contributed by atoms with van der Waals surface area (Å²) >= 11 is 0. The van der Waals surface area contributed by atoms with Crippen LogP contribution in [0.15, 0.2) is 48.5 Å². The summed E-state index contributed by atoms with van der Waals surface area (Å²) < 4.78 is 51.3. The van der Waals surface area contributed by atoms with Gasteiger partial charge in [-0.3, -0.25) is 4.79 Å². The minimum Gasteiger partial charge on any atom is -0.497 e. The Kier molecular flexibility index (Phi) is 11.9. The number of aliphatic carboxylic acids is 1. The van der Waals surface area contributed by atoms with Gasteiger partial charge < -0.3 is 48.1 Å². The summed E-state index contributed by atoms with van der Waals surface area (Å²) in [6, 6.07) is 15.0. The number of hydrogen-bond acceptors (Lipinski definition) is 10. The molecule has 0 amide bonds. The summed E-state index contributed by atoms with van der Waals surface area (Å²) in [7, 11) is 3.23. The standard InChI is InChI=1S/C42H60O11/c1-10-32-41(7,53-42(52-32)21-11-12-22-42)36-25(3)33(48-38(51-36)28-13-17-30(46-8)18-14-28)24(2)23-40(6,45)35-26(4)34(27(5)37(43)44)49-39(50-35)29-15-19-31(47-9)20-16-29/h13-20,24-27,32-36,38-39,45H,10-12,21-23H2,1-9H3,(H,43,44)/t24-,25+,26+,27-,32-,33+,34+,35-,36-,38-,39-,40-,41-/m1/s1. The fourth-order valence-corrected chi connectivity index (χ4v) is 9.64. The van der Waals surface area contributed by atoms with Crippen molar-refractivity contribution in [1.82, 2.24) is 0 Å². The first kappa shape index (κ1) is 39.9. The Hall–Kier alpha value is -2.77. The van der Waals surface area contributed by atoms with Gasteiger partial charge in [0.05, 0.1) is 56.3 Å². The molecular formula is C42H60O11. The zero-order chi connectivity index (χ0) is 38.3. The molecule has 3 heterocycles. The van der Waals surface area contributed by atoms with Crippen molar-refractivity contribution in [2.24, 2.45) is 23.7 Å². The second-order valence-corrected chi connectivity index (χ2v) is 16.3. The monoisotopic (exact) mass is 740 g/mol. The van der Waals surface area contributed by atoms with E-state index in [-0.39, 0.29) is 30.1 Å². The Bertz CT molecular complexity index is 1520. The van der Waals surface area contributed by atoms with E-state index in [9.17, 15) is 15.0 Å². The number of methoxy groups -OCH3 is 2. The average molecular weight is 741 g/mol. The smallest absolute Gasteiger partial charge is 0.308 e. The van der Waals surface area contributed by atoms with Crippen molar-refractivity contribution in [3.63, 3.8) is 0 Å². The van der Waals surface area contributed by atoms with Crippen molar-refractivity contribution in [2.45, 2.75) is 147 Å². The van der Waals surface area contributed by atoms with Crippen molar-refractivity contribution in [1.29, 1.82) is 0 Å². The Balaban J connectivity index is 1.30. The van der Waals surface area contributed by atoms with Crippen molar-refractivity contribution in [2.75, 3.05) is 14.2 Å². The lowest BCUT2D eigenvalue weighted by molar-refractivity contribution is -0.327. The van der Waals surface area contributed by atoms with Gasteiger partial charge in [-0.25, -0.2) is 0 Å². The fraction of sp³-hybridized carbons (Fsp3) is 0.690. The summed E-state index contributed by atoms with van der Waals surface area (Å²) in [6.07, 6.45) is 0.991. The predicted octanol–water partition coefficient (Wildman–Crippen LogP) is 7.59. The van der Waals surface area contributed by atoms with E-state index in [4.69, 9.17) is 37.9 Å². The van der Waals surface area contributed by atoms with Gasteiger partial charge in [0.15, 0.2) is 18.4 Å². The number of carboxylic acid groups (broad SMARTS) is 1. The van der Waals surface area contributed by atoms with Gasteiger partial charge in [-0.1, -0.05) is 52.0 Å². The van der Waals surface area contributed by atoms with Gasteiger partial charge in [-0.05, 0) is 76.6 Å². The molecule has 0 bridgehead atoms. The lowest BCUT2D eigenvalue weighted by Crippen LogP contribution is -2.60. The van der Waals surface area contributed by atoms with Gasteiger partial charge >= 0.3 is 5.97 Å². The number of carboxylic acids is 1. The van der Waals surface area contributed by atoms with Crippen molar-refractivity contribution in [3.8, 4) is 11.5 Å². The summed E-state index contributed by atoms with van der Waals surface area (Å²) in [4.78, 5) is 12.3. The number of ether oxygens (including phenoxy) is 8. The van der Waals surface area contributed by atoms with E-state index < -0.39 is 59.6 Å². The van der Waals surface area contributed by atoms with Crippen LogP contribution >= 0.6 is 0 Å². The van der Waals surface area contributed by atoms with Crippen molar-refractivity contribution in [3.05, 3.63) is 59.7 Å². The minimum absolute atomic E-state index is 0.144. The van der Waals surface area contributed by atoms with Crippen LogP contribution in [-0.4, -0.2) is 77.9 Å². The van der Waals surface area contributed by atoms with E-state index in [2.05, 4.69) is 27.7 Å². The van der Waals surface area contributed by atoms with Crippen LogP contribution in [0, 0.1) is 23.7 Å². The maximum absolute atomic E-state index is 12.5. The first-order chi connectivity index (χ1) is 25.1. The van der Waals surface area contributed by atoms with E-state index in [1.165, 1.54) is 0 Å². The molecule has 11 nitrogen and oxygen atoms in total. The molecular weight excluding hydrogens is 680 g/mol. The first-order valence-corrected chi connectivity index (χ1v) is 19.4. The Labute approximate surface area is 314 Å². The highest BCUT2D eigenvalue weighted by Crippen LogP contribution is 2.53. The molecule has 13 atom stereocenters. The Morgan fingerprint density at radius 2 is 1.40 bits per heavy atom. The highest BCUT2D eigenvalue weighted by atomic mass is 16.8. The second kappa shape index (κ2) is 15.8. The highest BCUT2D eigenvalue weighted by Gasteiger charge is 2.62. The first-order valence-electron chi connectivity index (χ1n) is 19.4. The van der Waals surface area contributed by atoms with E-state index in [1.54, 1.807) is 28.1 Å². The van der Waals surface area contributed by atoms with Crippen LogP contribution in [0.1, 0.15) is 111 Å². The molecule has 0 radical (unpaired) electrons. The highest BCUT2D eigenvalue weighted by molar-refractivity contribution is 5.70. The SMILES string of the molecule is CC[C@H]1OC2(CCCC2)O[C@@]1(C)[C@@H]1O[C@H](c2ccc(OC)cc2)O[C@@H]([C@H](C)C[C@@](C)(O)[C@@H]2O[C@H](c3ccc(OC)cc3)O[C@H]([C@@H](C)C(=O)O)[C@@H]2C)[C@@H]1C. The molecule has 4 fully saturated rings. The third-order valence-corrected chi connectivity index (χ3v) is 12.4. The van der Waals surface area contributed by atoms with E-state index in [1.807, 2.05) is 55.5 Å².